The zero-order chi connectivity index (χ0) is 16.7. The van der Waals surface area contributed by atoms with Gasteiger partial charge in [0.1, 0.15) is 17.4 Å². The molecule has 0 aliphatic rings. The maximum Gasteiger partial charge on any atom is 0.326 e. The Morgan fingerprint density at radius 2 is 2.00 bits per heavy atom. The molecule has 0 bridgehead atoms. The van der Waals surface area contributed by atoms with Crippen LogP contribution in [-0.4, -0.2) is 37.2 Å². The van der Waals surface area contributed by atoms with Crippen LogP contribution in [0, 0.1) is 5.82 Å². The molecule has 6 nitrogen and oxygen atoms in total. The van der Waals surface area contributed by atoms with E-state index in [2.05, 4.69) is 5.32 Å². The monoisotopic (exact) mass is 313 g/mol. The Hall–Kier alpha value is -2.31. The van der Waals surface area contributed by atoms with Crippen LogP contribution >= 0.6 is 0 Å². The molecule has 0 fully saturated rings. The highest BCUT2D eigenvalue weighted by atomic mass is 19.1. The van der Waals surface area contributed by atoms with Gasteiger partial charge in [0.15, 0.2) is 11.5 Å². The van der Waals surface area contributed by atoms with Crippen molar-refractivity contribution >= 4 is 11.9 Å². The SMILES string of the molecule is CCCC[C@H](NC(=O)c1c(F)ccc(OC)c1OC)C(=O)O. The number of benzene rings is 1. The first-order valence-electron chi connectivity index (χ1n) is 6.90. The van der Waals surface area contributed by atoms with E-state index in [4.69, 9.17) is 14.6 Å². The number of amides is 1. The first-order chi connectivity index (χ1) is 10.5. The number of methoxy groups -OCH3 is 2. The van der Waals surface area contributed by atoms with Gasteiger partial charge in [-0.15, -0.1) is 0 Å². The lowest BCUT2D eigenvalue weighted by Gasteiger charge is -2.17. The number of carboxylic acid groups (broad SMARTS) is 1. The third-order valence-electron chi connectivity index (χ3n) is 3.17. The second-order valence-corrected chi connectivity index (χ2v) is 4.66. The summed E-state index contributed by atoms with van der Waals surface area (Å²) in [5, 5.41) is 11.4. The Bertz CT molecular complexity index is 547. The minimum Gasteiger partial charge on any atom is -0.493 e. The topological polar surface area (TPSA) is 84.9 Å². The molecule has 7 heteroatoms. The quantitative estimate of drug-likeness (QED) is 0.768. The fourth-order valence-corrected chi connectivity index (χ4v) is 2.01. The minimum absolute atomic E-state index is 0.0698. The van der Waals surface area contributed by atoms with E-state index in [1.165, 1.54) is 20.3 Å². The fraction of sp³-hybridized carbons (Fsp3) is 0.467. The van der Waals surface area contributed by atoms with E-state index in [-0.39, 0.29) is 23.5 Å². The molecule has 0 aliphatic heterocycles. The lowest BCUT2D eigenvalue weighted by molar-refractivity contribution is -0.139. The van der Waals surface area contributed by atoms with Gasteiger partial charge < -0.3 is 19.9 Å². The number of nitrogens with one attached hydrogen (secondary N) is 1. The number of carbonyl (C=O) groups is 2. The molecular formula is C15H20FNO5. The normalized spacial score (nSPS) is 11.6. The largest absolute Gasteiger partial charge is 0.493 e. The Morgan fingerprint density at radius 1 is 1.32 bits per heavy atom. The van der Waals surface area contributed by atoms with Gasteiger partial charge in [-0.2, -0.15) is 0 Å². The summed E-state index contributed by atoms with van der Waals surface area (Å²) in [6, 6.07) is 1.32. The molecule has 0 unspecified atom stereocenters. The molecule has 2 N–H and O–H groups in total. The predicted octanol–water partition coefficient (Wildman–Crippen LogP) is 2.22. The molecule has 0 aromatic heterocycles. The number of hydrogen-bond donors (Lipinski definition) is 2. The van der Waals surface area contributed by atoms with Crippen LogP contribution in [-0.2, 0) is 4.79 Å². The third kappa shape index (κ3) is 4.09. The van der Waals surface area contributed by atoms with E-state index < -0.39 is 23.7 Å². The molecule has 22 heavy (non-hydrogen) atoms. The van der Waals surface area contributed by atoms with Crippen LogP contribution in [0.3, 0.4) is 0 Å². The third-order valence-corrected chi connectivity index (χ3v) is 3.17. The van der Waals surface area contributed by atoms with E-state index in [0.29, 0.717) is 6.42 Å². The Morgan fingerprint density at radius 3 is 2.50 bits per heavy atom. The van der Waals surface area contributed by atoms with E-state index in [9.17, 15) is 14.0 Å². The number of halogens is 1. The van der Waals surface area contributed by atoms with Crippen LogP contribution < -0.4 is 14.8 Å². The smallest absolute Gasteiger partial charge is 0.326 e. The molecule has 122 valence electrons. The molecule has 1 aromatic rings. The van der Waals surface area contributed by atoms with Crippen molar-refractivity contribution in [1.82, 2.24) is 5.32 Å². The number of carbonyl (C=O) groups excluding carboxylic acids is 1. The van der Waals surface area contributed by atoms with Crippen LogP contribution in [0.1, 0.15) is 36.5 Å². The zero-order valence-corrected chi connectivity index (χ0v) is 12.8. The molecule has 0 heterocycles. The maximum absolute atomic E-state index is 14.0. The highest BCUT2D eigenvalue weighted by Gasteiger charge is 2.26. The summed E-state index contributed by atoms with van der Waals surface area (Å²) in [4.78, 5) is 23.4. The lowest BCUT2D eigenvalue weighted by atomic mass is 10.1. The van der Waals surface area contributed by atoms with E-state index in [0.717, 1.165) is 12.5 Å². The number of rotatable bonds is 8. The van der Waals surface area contributed by atoms with Crippen LogP contribution in [0.15, 0.2) is 12.1 Å². The zero-order valence-electron chi connectivity index (χ0n) is 12.8. The van der Waals surface area contributed by atoms with Crippen molar-refractivity contribution in [2.75, 3.05) is 14.2 Å². The molecule has 1 atom stereocenters. The molecule has 1 amide bonds. The van der Waals surface area contributed by atoms with Gasteiger partial charge >= 0.3 is 5.97 Å². The molecule has 0 radical (unpaired) electrons. The van der Waals surface area contributed by atoms with Gasteiger partial charge in [0.2, 0.25) is 0 Å². The van der Waals surface area contributed by atoms with Gasteiger partial charge in [-0.1, -0.05) is 19.8 Å². The average Bonchev–Trinajstić information content (AvgIpc) is 2.50. The van der Waals surface area contributed by atoms with Gasteiger partial charge in [-0.05, 0) is 18.6 Å². The van der Waals surface area contributed by atoms with Gasteiger partial charge in [0.25, 0.3) is 5.91 Å². The summed E-state index contributed by atoms with van der Waals surface area (Å²) in [5.41, 5.74) is -0.371. The fourth-order valence-electron chi connectivity index (χ4n) is 2.01. The summed E-state index contributed by atoms with van der Waals surface area (Å²) < 4.78 is 24.0. The van der Waals surface area contributed by atoms with Crippen molar-refractivity contribution < 1.29 is 28.6 Å². The van der Waals surface area contributed by atoms with E-state index in [1.807, 2.05) is 6.92 Å². The second-order valence-electron chi connectivity index (χ2n) is 4.66. The highest BCUT2D eigenvalue weighted by molar-refractivity contribution is 6.00. The molecular weight excluding hydrogens is 293 g/mol. The number of unbranched alkanes of at least 4 members (excludes halogenated alkanes) is 1. The molecule has 0 saturated heterocycles. The van der Waals surface area contributed by atoms with Gasteiger partial charge in [0.05, 0.1) is 14.2 Å². The maximum atomic E-state index is 14.0. The molecule has 0 saturated carbocycles. The molecule has 0 spiro atoms. The molecule has 0 aliphatic carbocycles. The van der Waals surface area contributed by atoms with Crippen molar-refractivity contribution in [2.24, 2.45) is 0 Å². The first kappa shape index (κ1) is 17.7. The Balaban J connectivity index is 3.08. The van der Waals surface area contributed by atoms with Crippen molar-refractivity contribution in [3.8, 4) is 11.5 Å². The summed E-state index contributed by atoms with van der Waals surface area (Å²) in [6.45, 7) is 1.91. The van der Waals surface area contributed by atoms with Gasteiger partial charge in [-0.25, -0.2) is 9.18 Å². The van der Waals surface area contributed by atoms with Crippen LogP contribution in [0.4, 0.5) is 4.39 Å². The highest BCUT2D eigenvalue weighted by Crippen LogP contribution is 2.32. The number of ether oxygens (including phenoxy) is 2. The lowest BCUT2D eigenvalue weighted by Crippen LogP contribution is -2.41. The number of carboxylic acids is 1. The average molecular weight is 313 g/mol. The van der Waals surface area contributed by atoms with E-state index >= 15 is 0 Å². The Labute approximate surface area is 128 Å². The molecule has 1 aromatic carbocycles. The minimum atomic E-state index is -1.16. The summed E-state index contributed by atoms with van der Waals surface area (Å²) in [7, 11) is 2.64. The first-order valence-corrected chi connectivity index (χ1v) is 6.90. The van der Waals surface area contributed by atoms with Crippen molar-refractivity contribution in [3.63, 3.8) is 0 Å². The van der Waals surface area contributed by atoms with Gasteiger partial charge in [0, 0.05) is 0 Å². The van der Waals surface area contributed by atoms with E-state index in [1.54, 1.807) is 0 Å². The van der Waals surface area contributed by atoms with Crippen molar-refractivity contribution in [3.05, 3.63) is 23.5 Å². The van der Waals surface area contributed by atoms with Crippen molar-refractivity contribution in [1.29, 1.82) is 0 Å². The Kier molecular flexibility index (Phi) is 6.62. The summed E-state index contributed by atoms with van der Waals surface area (Å²) >= 11 is 0. The van der Waals surface area contributed by atoms with Crippen LogP contribution in [0.25, 0.3) is 0 Å². The molecule has 1 rings (SSSR count). The van der Waals surface area contributed by atoms with Crippen molar-refractivity contribution in [2.45, 2.75) is 32.2 Å². The van der Waals surface area contributed by atoms with Crippen LogP contribution in [0.2, 0.25) is 0 Å². The van der Waals surface area contributed by atoms with Gasteiger partial charge in [-0.3, -0.25) is 4.79 Å². The predicted molar refractivity (Wildman–Crippen MR) is 77.9 cm³/mol. The number of aliphatic carboxylic acids is 1. The second kappa shape index (κ2) is 8.21. The summed E-state index contributed by atoms with van der Waals surface area (Å²) in [5.74, 6) is -2.70. The number of hydrogen-bond acceptors (Lipinski definition) is 4. The van der Waals surface area contributed by atoms with Crippen LogP contribution in [0.5, 0.6) is 11.5 Å². The standard InChI is InChI=1S/C15H20FNO5/c1-4-5-6-10(15(19)20)17-14(18)12-9(16)7-8-11(21-2)13(12)22-3/h7-8,10H,4-6H2,1-3H3,(H,17,18)(H,19,20)/t10-/m0/s1. The summed E-state index contributed by atoms with van der Waals surface area (Å²) in [6.07, 6.45) is 1.69.